The zero-order valence-electron chi connectivity index (χ0n) is 14.3. The molecule has 24 heavy (non-hydrogen) atoms. The highest BCUT2D eigenvalue weighted by Gasteiger charge is 2.27. The van der Waals surface area contributed by atoms with Gasteiger partial charge >= 0.3 is 0 Å². The summed E-state index contributed by atoms with van der Waals surface area (Å²) in [7, 11) is 0. The number of nitro groups is 2. The van der Waals surface area contributed by atoms with Crippen LogP contribution in [0.25, 0.3) is 0 Å². The molecule has 0 spiro atoms. The van der Waals surface area contributed by atoms with Crippen molar-refractivity contribution >= 4 is 17.3 Å². The fourth-order valence-corrected chi connectivity index (χ4v) is 2.38. The van der Waals surface area contributed by atoms with Crippen LogP contribution in [0.5, 0.6) is 0 Å². The topological polar surface area (TPSA) is 107 Å². The Kier molecular flexibility index (Phi) is 7.29. The first-order valence-electron chi connectivity index (χ1n) is 8.06. The Balaban J connectivity index is 3.31. The van der Waals surface area contributed by atoms with Gasteiger partial charge < -0.3 is 4.90 Å². The molecule has 1 aromatic carbocycles. The quantitative estimate of drug-likeness (QED) is 0.502. The molecule has 0 aliphatic carbocycles. The van der Waals surface area contributed by atoms with Crippen LogP contribution in [0.1, 0.15) is 55.5 Å². The third kappa shape index (κ3) is 4.74. The maximum absolute atomic E-state index is 12.8. The largest absolute Gasteiger partial charge is 0.339 e. The number of carbonyl (C=O) groups excluding carboxylic acids is 1. The fraction of sp³-hybridized carbons (Fsp3) is 0.562. The van der Waals surface area contributed by atoms with Gasteiger partial charge in [-0.15, -0.1) is 0 Å². The summed E-state index contributed by atoms with van der Waals surface area (Å²) in [6.45, 7) is 6.53. The Morgan fingerprint density at radius 2 is 1.58 bits per heavy atom. The minimum Gasteiger partial charge on any atom is -0.339 e. The molecule has 0 N–H and O–H groups in total. The second-order valence-corrected chi connectivity index (χ2v) is 5.65. The zero-order valence-corrected chi connectivity index (χ0v) is 14.3. The lowest BCUT2D eigenvalue weighted by Gasteiger charge is -2.23. The number of unbranched alkanes of at least 4 members (excludes halogenated alkanes) is 2. The molecule has 0 aromatic heterocycles. The summed E-state index contributed by atoms with van der Waals surface area (Å²) in [6, 6.07) is 2.03. The lowest BCUT2D eigenvalue weighted by Crippen LogP contribution is -2.33. The summed E-state index contributed by atoms with van der Waals surface area (Å²) in [5.74, 6) is -0.388. The Labute approximate surface area is 140 Å². The third-order valence-corrected chi connectivity index (χ3v) is 3.85. The zero-order chi connectivity index (χ0) is 18.3. The fourth-order valence-electron chi connectivity index (χ4n) is 2.38. The molecule has 132 valence electrons. The number of nitrogens with zero attached hydrogens (tertiary/aromatic N) is 3. The Bertz CT molecular complexity index is 622. The van der Waals surface area contributed by atoms with Crippen molar-refractivity contribution in [3.63, 3.8) is 0 Å². The summed E-state index contributed by atoms with van der Waals surface area (Å²) in [5.41, 5.74) is -0.656. The summed E-state index contributed by atoms with van der Waals surface area (Å²) in [5, 5.41) is 22.2. The van der Waals surface area contributed by atoms with Crippen molar-refractivity contribution in [1.82, 2.24) is 4.90 Å². The molecule has 0 heterocycles. The highest BCUT2D eigenvalue weighted by atomic mass is 16.6. The van der Waals surface area contributed by atoms with E-state index in [4.69, 9.17) is 0 Å². The predicted octanol–water partition coefficient (Wildman–Crippen LogP) is 3.85. The maximum atomic E-state index is 12.8. The number of hydrogen-bond donors (Lipinski definition) is 0. The van der Waals surface area contributed by atoms with Crippen molar-refractivity contribution in [2.45, 2.75) is 46.5 Å². The van der Waals surface area contributed by atoms with E-state index in [-0.39, 0.29) is 17.0 Å². The van der Waals surface area contributed by atoms with E-state index in [2.05, 4.69) is 0 Å². The average molecular weight is 337 g/mol. The number of benzene rings is 1. The van der Waals surface area contributed by atoms with E-state index in [0.29, 0.717) is 13.1 Å². The van der Waals surface area contributed by atoms with Crippen LogP contribution in [0.3, 0.4) is 0 Å². The van der Waals surface area contributed by atoms with Gasteiger partial charge in [0, 0.05) is 24.7 Å². The van der Waals surface area contributed by atoms with Crippen molar-refractivity contribution in [1.29, 1.82) is 0 Å². The molecule has 1 rings (SSSR count). The Morgan fingerprint density at radius 3 is 2.00 bits per heavy atom. The summed E-state index contributed by atoms with van der Waals surface area (Å²) in [6.07, 6.45) is 3.44. The highest BCUT2D eigenvalue weighted by molar-refractivity contribution is 5.97. The molecule has 1 amide bonds. The minimum absolute atomic E-state index is 0.0307. The van der Waals surface area contributed by atoms with Gasteiger partial charge in [-0.3, -0.25) is 25.0 Å². The molecule has 8 nitrogen and oxygen atoms in total. The van der Waals surface area contributed by atoms with Crippen molar-refractivity contribution < 1.29 is 14.6 Å². The molecule has 0 radical (unpaired) electrons. The molecule has 0 saturated heterocycles. The van der Waals surface area contributed by atoms with E-state index in [1.807, 2.05) is 13.8 Å². The summed E-state index contributed by atoms with van der Waals surface area (Å²) >= 11 is 0. The number of amides is 1. The van der Waals surface area contributed by atoms with Gasteiger partial charge in [0.15, 0.2) is 0 Å². The number of hydrogen-bond acceptors (Lipinski definition) is 5. The summed E-state index contributed by atoms with van der Waals surface area (Å²) in [4.78, 5) is 35.2. The number of rotatable bonds is 9. The van der Waals surface area contributed by atoms with Crippen LogP contribution >= 0.6 is 0 Å². The van der Waals surface area contributed by atoms with Gasteiger partial charge in [0.05, 0.1) is 21.5 Å². The van der Waals surface area contributed by atoms with E-state index in [9.17, 15) is 25.0 Å². The molecule has 0 saturated carbocycles. The Hall–Kier alpha value is -2.51. The SMILES string of the molecule is CCCCN(CCCC)C(=O)c1cc([N+](=O)[O-])cc([N+](=O)[O-])c1C. The lowest BCUT2D eigenvalue weighted by molar-refractivity contribution is -0.394. The first-order chi connectivity index (χ1) is 11.3. The van der Waals surface area contributed by atoms with E-state index in [1.165, 1.54) is 6.92 Å². The molecule has 1 aromatic rings. The van der Waals surface area contributed by atoms with Crippen LogP contribution in [0.2, 0.25) is 0 Å². The molecule has 0 bridgehead atoms. The first-order valence-corrected chi connectivity index (χ1v) is 8.06. The van der Waals surface area contributed by atoms with Crippen LogP contribution in [-0.4, -0.2) is 33.7 Å². The average Bonchev–Trinajstić information content (AvgIpc) is 2.54. The van der Waals surface area contributed by atoms with Gasteiger partial charge in [0.25, 0.3) is 17.3 Å². The van der Waals surface area contributed by atoms with Crippen molar-refractivity contribution in [3.8, 4) is 0 Å². The van der Waals surface area contributed by atoms with E-state index < -0.39 is 21.2 Å². The summed E-state index contributed by atoms with van der Waals surface area (Å²) < 4.78 is 0. The number of nitro benzene ring substituents is 2. The normalized spacial score (nSPS) is 10.5. The molecule has 8 heteroatoms. The Morgan fingerprint density at radius 1 is 1.04 bits per heavy atom. The van der Waals surface area contributed by atoms with Crippen LogP contribution in [0, 0.1) is 27.2 Å². The molecular formula is C16H23N3O5. The van der Waals surface area contributed by atoms with Crippen LogP contribution in [0.4, 0.5) is 11.4 Å². The van der Waals surface area contributed by atoms with Gasteiger partial charge in [-0.05, 0) is 19.8 Å². The molecular weight excluding hydrogens is 314 g/mol. The smallest absolute Gasteiger partial charge is 0.279 e. The van der Waals surface area contributed by atoms with Crippen LogP contribution in [-0.2, 0) is 0 Å². The highest BCUT2D eigenvalue weighted by Crippen LogP contribution is 2.29. The van der Waals surface area contributed by atoms with Gasteiger partial charge in [0.1, 0.15) is 0 Å². The van der Waals surface area contributed by atoms with Crippen molar-refractivity contribution in [3.05, 3.63) is 43.5 Å². The number of non-ortho nitro benzene ring substituents is 1. The van der Waals surface area contributed by atoms with Gasteiger partial charge in [-0.25, -0.2) is 0 Å². The predicted molar refractivity (Wildman–Crippen MR) is 90.2 cm³/mol. The maximum Gasteiger partial charge on any atom is 0.279 e. The lowest BCUT2D eigenvalue weighted by atomic mass is 10.0. The van der Waals surface area contributed by atoms with E-state index in [0.717, 1.165) is 37.8 Å². The standard InChI is InChI=1S/C16H23N3O5/c1-4-6-8-17(9-7-5-2)16(20)14-10-13(18(21)22)11-15(12(14)3)19(23)24/h10-11H,4-9H2,1-3H3. The molecule has 0 unspecified atom stereocenters. The van der Waals surface area contributed by atoms with Crippen molar-refractivity contribution in [2.24, 2.45) is 0 Å². The van der Waals surface area contributed by atoms with Gasteiger partial charge in [0.2, 0.25) is 0 Å². The first kappa shape index (κ1) is 19.5. The van der Waals surface area contributed by atoms with Crippen LogP contribution < -0.4 is 0 Å². The minimum atomic E-state index is -0.717. The molecule has 0 aliphatic rings. The van der Waals surface area contributed by atoms with Gasteiger partial charge in [-0.2, -0.15) is 0 Å². The van der Waals surface area contributed by atoms with Crippen LogP contribution in [0.15, 0.2) is 12.1 Å². The van der Waals surface area contributed by atoms with Gasteiger partial charge in [-0.1, -0.05) is 26.7 Å². The third-order valence-electron chi connectivity index (χ3n) is 3.85. The second kappa shape index (κ2) is 8.95. The van der Waals surface area contributed by atoms with E-state index in [1.54, 1.807) is 4.90 Å². The molecule has 0 atom stereocenters. The second-order valence-electron chi connectivity index (χ2n) is 5.65. The molecule has 0 aliphatic heterocycles. The number of carbonyl (C=O) groups is 1. The monoisotopic (exact) mass is 337 g/mol. The van der Waals surface area contributed by atoms with E-state index >= 15 is 0 Å². The van der Waals surface area contributed by atoms with Crippen molar-refractivity contribution in [2.75, 3.05) is 13.1 Å². The molecule has 0 fully saturated rings.